The molecule has 0 aromatic heterocycles. The third-order valence-corrected chi connectivity index (χ3v) is 2.96. The molecule has 0 amide bonds. The van der Waals surface area contributed by atoms with Crippen LogP contribution in [0.4, 0.5) is 0 Å². The summed E-state index contributed by atoms with van der Waals surface area (Å²) in [5, 5.41) is 13.3. The third-order valence-electron chi connectivity index (χ3n) is 2.96. The molecule has 2 unspecified atom stereocenters. The summed E-state index contributed by atoms with van der Waals surface area (Å²) in [6, 6.07) is 7.74. The number of methoxy groups -OCH3 is 2. The molecule has 0 spiro atoms. The maximum absolute atomic E-state index is 10.1. The molecule has 2 atom stereocenters. The number of aliphatic hydroxyl groups excluding tert-OH is 1. The van der Waals surface area contributed by atoms with Gasteiger partial charge in [-0.1, -0.05) is 19.1 Å². The molecule has 0 fully saturated rings. The SMILES string of the molecule is CCC(COC)NCC(O)c1ccc(OC)cc1. The molecule has 1 aromatic carbocycles. The van der Waals surface area contributed by atoms with Crippen LogP contribution in [-0.2, 0) is 4.74 Å². The van der Waals surface area contributed by atoms with E-state index in [4.69, 9.17) is 9.47 Å². The first-order valence-corrected chi connectivity index (χ1v) is 6.25. The van der Waals surface area contributed by atoms with E-state index in [1.54, 1.807) is 14.2 Å². The van der Waals surface area contributed by atoms with E-state index in [1.807, 2.05) is 24.3 Å². The van der Waals surface area contributed by atoms with Gasteiger partial charge in [-0.25, -0.2) is 0 Å². The number of benzene rings is 1. The molecule has 0 aliphatic carbocycles. The molecule has 0 aliphatic rings. The van der Waals surface area contributed by atoms with Crippen LogP contribution in [0.5, 0.6) is 5.75 Å². The van der Waals surface area contributed by atoms with Gasteiger partial charge in [-0.2, -0.15) is 0 Å². The summed E-state index contributed by atoms with van der Waals surface area (Å²) in [6.45, 7) is 3.27. The number of ether oxygens (including phenoxy) is 2. The van der Waals surface area contributed by atoms with Crippen molar-refractivity contribution in [1.82, 2.24) is 5.32 Å². The van der Waals surface area contributed by atoms with Crippen LogP contribution in [0.2, 0.25) is 0 Å². The van der Waals surface area contributed by atoms with Crippen LogP contribution in [0.3, 0.4) is 0 Å². The van der Waals surface area contributed by atoms with Crippen molar-refractivity contribution in [2.24, 2.45) is 0 Å². The fraction of sp³-hybridized carbons (Fsp3) is 0.571. The van der Waals surface area contributed by atoms with Gasteiger partial charge in [-0.05, 0) is 24.1 Å². The molecule has 0 saturated heterocycles. The van der Waals surface area contributed by atoms with Crippen molar-refractivity contribution in [3.63, 3.8) is 0 Å². The highest BCUT2D eigenvalue weighted by atomic mass is 16.5. The summed E-state index contributed by atoms with van der Waals surface area (Å²) in [6.07, 6.45) is 0.463. The Labute approximate surface area is 109 Å². The molecule has 0 aliphatic heterocycles. The van der Waals surface area contributed by atoms with Crippen molar-refractivity contribution in [2.45, 2.75) is 25.5 Å². The Morgan fingerprint density at radius 1 is 1.22 bits per heavy atom. The summed E-state index contributed by atoms with van der Waals surface area (Å²) in [5.41, 5.74) is 0.885. The Morgan fingerprint density at radius 2 is 1.89 bits per heavy atom. The molecule has 0 bridgehead atoms. The van der Waals surface area contributed by atoms with E-state index in [0.29, 0.717) is 13.2 Å². The minimum absolute atomic E-state index is 0.280. The molecule has 0 heterocycles. The van der Waals surface area contributed by atoms with Gasteiger partial charge in [0.25, 0.3) is 0 Å². The highest BCUT2D eigenvalue weighted by molar-refractivity contribution is 5.28. The van der Waals surface area contributed by atoms with Crippen LogP contribution in [0.15, 0.2) is 24.3 Å². The van der Waals surface area contributed by atoms with E-state index in [1.165, 1.54) is 0 Å². The molecular formula is C14H23NO3. The lowest BCUT2D eigenvalue weighted by Crippen LogP contribution is -2.35. The van der Waals surface area contributed by atoms with Gasteiger partial charge < -0.3 is 19.9 Å². The van der Waals surface area contributed by atoms with Gasteiger partial charge in [0.1, 0.15) is 5.75 Å². The molecule has 4 nitrogen and oxygen atoms in total. The number of rotatable bonds is 8. The summed E-state index contributed by atoms with van der Waals surface area (Å²) in [7, 11) is 3.31. The first kappa shape index (κ1) is 15.0. The predicted octanol–water partition coefficient (Wildman–Crippen LogP) is 1.74. The minimum Gasteiger partial charge on any atom is -0.497 e. The third kappa shape index (κ3) is 4.64. The van der Waals surface area contributed by atoms with Gasteiger partial charge in [0.15, 0.2) is 0 Å². The van der Waals surface area contributed by atoms with Crippen molar-refractivity contribution in [1.29, 1.82) is 0 Å². The van der Waals surface area contributed by atoms with E-state index in [0.717, 1.165) is 17.7 Å². The number of hydrogen-bond acceptors (Lipinski definition) is 4. The molecule has 0 radical (unpaired) electrons. The lowest BCUT2D eigenvalue weighted by atomic mass is 10.1. The quantitative estimate of drug-likeness (QED) is 0.741. The molecule has 18 heavy (non-hydrogen) atoms. The lowest BCUT2D eigenvalue weighted by Gasteiger charge is -2.19. The van der Waals surface area contributed by atoms with Crippen molar-refractivity contribution in [3.05, 3.63) is 29.8 Å². The van der Waals surface area contributed by atoms with Crippen molar-refractivity contribution in [2.75, 3.05) is 27.4 Å². The minimum atomic E-state index is -0.512. The van der Waals surface area contributed by atoms with Crippen LogP contribution in [-0.4, -0.2) is 38.5 Å². The average molecular weight is 253 g/mol. The van der Waals surface area contributed by atoms with E-state index in [-0.39, 0.29) is 6.04 Å². The zero-order valence-electron chi connectivity index (χ0n) is 11.3. The van der Waals surface area contributed by atoms with Gasteiger partial charge in [-0.15, -0.1) is 0 Å². The largest absolute Gasteiger partial charge is 0.497 e. The summed E-state index contributed by atoms with van der Waals surface area (Å²) in [5.74, 6) is 0.796. The Kier molecular flexibility index (Phi) is 6.72. The van der Waals surface area contributed by atoms with Gasteiger partial charge in [0, 0.05) is 19.7 Å². The van der Waals surface area contributed by atoms with E-state index in [2.05, 4.69) is 12.2 Å². The topological polar surface area (TPSA) is 50.7 Å². The van der Waals surface area contributed by atoms with E-state index in [9.17, 15) is 5.11 Å². The van der Waals surface area contributed by atoms with Crippen molar-refractivity contribution in [3.8, 4) is 5.75 Å². The summed E-state index contributed by atoms with van der Waals surface area (Å²) < 4.78 is 10.2. The lowest BCUT2D eigenvalue weighted by molar-refractivity contribution is 0.137. The molecule has 102 valence electrons. The summed E-state index contributed by atoms with van der Waals surface area (Å²) >= 11 is 0. The molecule has 4 heteroatoms. The molecule has 1 rings (SSSR count). The normalized spacial score (nSPS) is 14.2. The van der Waals surface area contributed by atoms with Gasteiger partial charge in [-0.3, -0.25) is 0 Å². The number of aliphatic hydroxyl groups is 1. The fourth-order valence-electron chi connectivity index (χ4n) is 1.74. The van der Waals surface area contributed by atoms with Crippen LogP contribution in [0.25, 0.3) is 0 Å². The van der Waals surface area contributed by atoms with Crippen molar-refractivity contribution >= 4 is 0 Å². The standard InChI is InChI=1S/C14H23NO3/c1-4-12(10-17-2)15-9-14(16)11-5-7-13(18-3)8-6-11/h5-8,12,14-16H,4,9-10H2,1-3H3. The second kappa shape index (κ2) is 8.08. The van der Waals surface area contributed by atoms with Crippen LogP contribution in [0.1, 0.15) is 25.0 Å². The molecule has 2 N–H and O–H groups in total. The van der Waals surface area contributed by atoms with Gasteiger partial charge in [0.05, 0.1) is 19.8 Å². The van der Waals surface area contributed by atoms with Crippen LogP contribution >= 0.6 is 0 Å². The maximum atomic E-state index is 10.1. The highest BCUT2D eigenvalue weighted by Gasteiger charge is 2.11. The highest BCUT2D eigenvalue weighted by Crippen LogP contribution is 2.17. The Morgan fingerprint density at radius 3 is 2.39 bits per heavy atom. The average Bonchev–Trinajstić information content (AvgIpc) is 2.43. The fourth-order valence-corrected chi connectivity index (χ4v) is 1.74. The first-order chi connectivity index (χ1) is 8.71. The van der Waals surface area contributed by atoms with Gasteiger partial charge >= 0.3 is 0 Å². The zero-order chi connectivity index (χ0) is 13.4. The predicted molar refractivity (Wildman–Crippen MR) is 71.9 cm³/mol. The Balaban J connectivity index is 2.45. The second-order valence-electron chi connectivity index (χ2n) is 4.26. The zero-order valence-corrected chi connectivity index (χ0v) is 11.3. The second-order valence-corrected chi connectivity index (χ2v) is 4.26. The van der Waals surface area contributed by atoms with E-state index < -0.39 is 6.10 Å². The molecule has 0 saturated carbocycles. The molecule has 1 aromatic rings. The van der Waals surface area contributed by atoms with Crippen molar-refractivity contribution < 1.29 is 14.6 Å². The summed E-state index contributed by atoms with van der Waals surface area (Å²) in [4.78, 5) is 0. The Bertz CT molecular complexity index is 326. The monoisotopic (exact) mass is 253 g/mol. The van der Waals surface area contributed by atoms with Crippen LogP contribution < -0.4 is 10.1 Å². The van der Waals surface area contributed by atoms with Crippen LogP contribution in [0, 0.1) is 0 Å². The maximum Gasteiger partial charge on any atom is 0.118 e. The number of nitrogens with one attached hydrogen (secondary N) is 1. The molecular weight excluding hydrogens is 230 g/mol. The number of hydrogen-bond donors (Lipinski definition) is 2. The first-order valence-electron chi connectivity index (χ1n) is 6.25. The Hall–Kier alpha value is -1.10. The smallest absolute Gasteiger partial charge is 0.118 e. The van der Waals surface area contributed by atoms with E-state index >= 15 is 0 Å². The van der Waals surface area contributed by atoms with Gasteiger partial charge in [0.2, 0.25) is 0 Å².